The SMILES string of the molecule is NCc1c(N)cccc1CNC(=O)C1=CC=C(OC(F)(F)F)NC1. The quantitative estimate of drug-likeness (QED) is 0.603. The normalized spacial score (nSPS) is 14.3. The molecule has 0 saturated carbocycles. The first-order valence-electron chi connectivity index (χ1n) is 7.05. The standard InChI is InChI=1S/C15H17F3N4O2/c16-15(17,18)24-13-5-4-10(8-21-13)14(23)22-7-9-2-1-3-12(20)11(9)6-19/h1-5,21H,6-8,19-20H2,(H,22,23). The zero-order valence-electron chi connectivity index (χ0n) is 12.6. The van der Waals surface area contributed by atoms with Crippen LogP contribution in [0.1, 0.15) is 11.1 Å². The highest BCUT2D eigenvalue weighted by Crippen LogP contribution is 2.21. The Hall–Kier alpha value is -2.68. The van der Waals surface area contributed by atoms with E-state index in [1.54, 1.807) is 18.2 Å². The van der Waals surface area contributed by atoms with Crippen molar-refractivity contribution in [3.05, 3.63) is 52.9 Å². The van der Waals surface area contributed by atoms with Crippen LogP contribution in [-0.4, -0.2) is 18.8 Å². The molecule has 6 nitrogen and oxygen atoms in total. The van der Waals surface area contributed by atoms with Gasteiger partial charge in [-0.15, -0.1) is 13.2 Å². The first-order valence-corrected chi connectivity index (χ1v) is 7.05. The maximum absolute atomic E-state index is 12.1. The Morgan fingerprint density at radius 2 is 2.08 bits per heavy atom. The van der Waals surface area contributed by atoms with E-state index >= 15 is 0 Å². The highest BCUT2D eigenvalue weighted by Gasteiger charge is 2.32. The lowest BCUT2D eigenvalue weighted by Gasteiger charge is -2.18. The zero-order chi connectivity index (χ0) is 17.7. The van der Waals surface area contributed by atoms with Crippen molar-refractivity contribution in [1.29, 1.82) is 0 Å². The fourth-order valence-electron chi connectivity index (χ4n) is 2.19. The third kappa shape index (κ3) is 4.66. The van der Waals surface area contributed by atoms with Gasteiger partial charge in [-0.3, -0.25) is 4.79 Å². The van der Waals surface area contributed by atoms with Gasteiger partial charge in [0.2, 0.25) is 5.91 Å². The van der Waals surface area contributed by atoms with Crippen molar-refractivity contribution in [3.8, 4) is 0 Å². The van der Waals surface area contributed by atoms with Crippen LogP contribution in [0.25, 0.3) is 0 Å². The molecule has 130 valence electrons. The summed E-state index contributed by atoms with van der Waals surface area (Å²) < 4.78 is 40.0. The van der Waals surface area contributed by atoms with Crippen LogP contribution in [0.4, 0.5) is 18.9 Å². The number of allylic oxidation sites excluding steroid dienone is 2. The molecule has 6 N–H and O–H groups in total. The van der Waals surface area contributed by atoms with Crippen LogP contribution in [0.3, 0.4) is 0 Å². The molecule has 1 aromatic rings. The average molecular weight is 342 g/mol. The van der Waals surface area contributed by atoms with Crippen molar-refractivity contribution in [1.82, 2.24) is 10.6 Å². The third-order valence-electron chi connectivity index (χ3n) is 3.36. The van der Waals surface area contributed by atoms with Gasteiger partial charge in [-0.05, 0) is 29.3 Å². The number of carbonyl (C=O) groups excluding carboxylic acids is 1. The van der Waals surface area contributed by atoms with E-state index in [0.717, 1.165) is 17.2 Å². The molecule has 0 spiro atoms. The number of nitrogen functional groups attached to an aromatic ring is 1. The largest absolute Gasteiger partial charge is 0.574 e. The summed E-state index contributed by atoms with van der Waals surface area (Å²) >= 11 is 0. The number of anilines is 1. The average Bonchev–Trinajstić information content (AvgIpc) is 2.52. The number of dihydropyridines is 1. The molecule has 9 heteroatoms. The fourth-order valence-corrected chi connectivity index (χ4v) is 2.19. The second-order valence-corrected chi connectivity index (χ2v) is 5.00. The van der Waals surface area contributed by atoms with Crippen molar-refractivity contribution in [2.24, 2.45) is 5.73 Å². The van der Waals surface area contributed by atoms with Crippen molar-refractivity contribution in [2.45, 2.75) is 19.5 Å². The summed E-state index contributed by atoms with van der Waals surface area (Å²) in [5.41, 5.74) is 13.8. The zero-order valence-corrected chi connectivity index (χ0v) is 12.6. The molecule has 0 atom stereocenters. The molecule has 2 rings (SSSR count). The second-order valence-electron chi connectivity index (χ2n) is 5.00. The maximum Gasteiger partial charge on any atom is 0.574 e. The minimum Gasteiger partial charge on any atom is -0.398 e. The number of hydrogen-bond acceptors (Lipinski definition) is 5. The van der Waals surface area contributed by atoms with Gasteiger partial charge >= 0.3 is 6.36 Å². The number of rotatable bonds is 5. The number of carbonyl (C=O) groups is 1. The highest BCUT2D eigenvalue weighted by atomic mass is 19.4. The number of alkyl halides is 3. The van der Waals surface area contributed by atoms with E-state index in [9.17, 15) is 18.0 Å². The summed E-state index contributed by atoms with van der Waals surface area (Å²) in [5.74, 6) is -0.865. The summed E-state index contributed by atoms with van der Waals surface area (Å²) in [6.07, 6.45) is -2.45. The first kappa shape index (κ1) is 17.7. The van der Waals surface area contributed by atoms with Gasteiger partial charge in [-0.2, -0.15) is 0 Å². The number of benzene rings is 1. The molecule has 1 heterocycles. The molecule has 24 heavy (non-hydrogen) atoms. The molecule has 1 amide bonds. The molecule has 0 fully saturated rings. The van der Waals surface area contributed by atoms with E-state index in [-0.39, 0.29) is 25.2 Å². The van der Waals surface area contributed by atoms with Crippen LogP contribution in [0.2, 0.25) is 0 Å². The lowest BCUT2D eigenvalue weighted by molar-refractivity contribution is -0.307. The van der Waals surface area contributed by atoms with Gasteiger partial charge in [0.15, 0.2) is 5.88 Å². The number of nitrogens with two attached hydrogens (primary N) is 2. The third-order valence-corrected chi connectivity index (χ3v) is 3.36. The summed E-state index contributed by atoms with van der Waals surface area (Å²) in [6.45, 7) is 0.376. The molecule has 0 radical (unpaired) electrons. The van der Waals surface area contributed by atoms with Crippen LogP contribution in [0.5, 0.6) is 0 Å². The summed E-state index contributed by atoms with van der Waals surface area (Å²) in [6, 6.07) is 5.26. The van der Waals surface area contributed by atoms with Crippen LogP contribution in [-0.2, 0) is 22.6 Å². The topological polar surface area (TPSA) is 102 Å². The molecular weight excluding hydrogens is 325 g/mol. The number of ether oxygens (including phenoxy) is 1. The van der Waals surface area contributed by atoms with Crippen molar-refractivity contribution in [2.75, 3.05) is 12.3 Å². The van der Waals surface area contributed by atoms with Crippen molar-refractivity contribution >= 4 is 11.6 Å². The van der Waals surface area contributed by atoms with Gasteiger partial charge in [0.05, 0.1) is 0 Å². The Kier molecular flexibility index (Phi) is 5.35. The van der Waals surface area contributed by atoms with Gasteiger partial charge < -0.3 is 26.8 Å². The Labute approximate surface area is 136 Å². The minimum atomic E-state index is -4.78. The molecule has 1 aromatic carbocycles. The molecule has 0 aromatic heterocycles. The van der Waals surface area contributed by atoms with E-state index in [4.69, 9.17) is 11.5 Å². The molecule has 1 aliphatic rings. The van der Waals surface area contributed by atoms with Crippen LogP contribution in [0.15, 0.2) is 41.8 Å². The van der Waals surface area contributed by atoms with Gasteiger partial charge in [-0.25, -0.2) is 0 Å². The van der Waals surface area contributed by atoms with Crippen molar-refractivity contribution < 1.29 is 22.7 Å². The molecule has 0 saturated heterocycles. The monoisotopic (exact) mass is 342 g/mol. The van der Waals surface area contributed by atoms with Gasteiger partial charge in [0.25, 0.3) is 0 Å². The highest BCUT2D eigenvalue weighted by molar-refractivity contribution is 5.94. The van der Waals surface area contributed by atoms with E-state index in [1.807, 2.05) is 0 Å². The fraction of sp³-hybridized carbons (Fsp3) is 0.267. The van der Waals surface area contributed by atoms with Crippen LogP contribution < -0.4 is 22.1 Å². The van der Waals surface area contributed by atoms with Gasteiger partial charge in [-0.1, -0.05) is 12.1 Å². The van der Waals surface area contributed by atoms with Crippen molar-refractivity contribution in [3.63, 3.8) is 0 Å². The Morgan fingerprint density at radius 1 is 1.33 bits per heavy atom. The molecule has 0 bridgehead atoms. The van der Waals surface area contributed by atoms with Crippen LogP contribution in [0, 0.1) is 0 Å². The predicted octanol–water partition coefficient (Wildman–Crippen LogP) is 1.25. The lowest BCUT2D eigenvalue weighted by atomic mass is 10.1. The number of amides is 1. The maximum atomic E-state index is 12.1. The minimum absolute atomic E-state index is 0.0750. The lowest BCUT2D eigenvalue weighted by Crippen LogP contribution is -2.33. The summed E-state index contributed by atoms with van der Waals surface area (Å²) in [5, 5.41) is 5.07. The number of halogens is 3. The summed E-state index contributed by atoms with van der Waals surface area (Å²) in [4.78, 5) is 12.1. The van der Waals surface area contributed by atoms with Gasteiger partial charge in [0, 0.05) is 30.9 Å². The second kappa shape index (κ2) is 7.26. The molecule has 1 aliphatic heterocycles. The Morgan fingerprint density at radius 3 is 2.67 bits per heavy atom. The van der Waals surface area contributed by atoms with Gasteiger partial charge in [0.1, 0.15) is 0 Å². The first-order chi connectivity index (χ1) is 11.3. The van der Waals surface area contributed by atoms with E-state index < -0.39 is 18.2 Å². The molecular formula is C15H17F3N4O2. The Bertz CT molecular complexity index is 684. The number of hydrogen-bond donors (Lipinski definition) is 4. The van der Waals surface area contributed by atoms with E-state index in [2.05, 4.69) is 15.4 Å². The smallest absolute Gasteiger partial charge is 0.398 e. The summed E-state index contributed by atoms with van der Waals surface area (Å²) in [7, 11) is 0. The molecule has 0 unspecified atom stereocenters. The van der Waals surface area contributed by atoms with Crippen LogP contribution >= 0.6 is 0 Å². The number of nitrogens with one attached hydrogen (secondary N) is 2. The predicted molar refractivity (Wildman–Crippen MR) is 81.9 cm³/mol. The molecule has 0 aliphatic carbocycles. The Balaban J connectivity index is 1.98. The van der Waals surface area contributed by atoms with E-state index in [0.29, 0.717) is 5.69 Å². The van der Waals surface area contributed by atoms with E-state index in [1.165, 1.54) is 6.08 Å².